The van der Waals surface area contributed by atoms with Crippen molar-refractivity contribution in [2.24, 2.45) is 17.6 Å². The smallest absolute Gasteiger partial charge is 0.222 e. The van der Waals surface area contributed by atoms with Gasteiger partial charge in [0.2, 0.25) is 5.91 Å². The van der Waals surface area contributed by atoms with Crippen molar-refractivity contribution in [1.82, 2.24) is 4.90 Å². The number of ether oxygens (including phenoxy) is 1. The fourth-order valence-corrected chi connectivity index (χ4v) is 2.48. The van der Waals surface area contributed by atoms with E-state index in [0.717, 1.165) is 25.9 Å². The summed E-state index contributed by atoms with van der Waals surface area (Å²) in [6, 6.07) is 0.264. The van der Waals surface area contributed by atoms with Gasteiger partial charge in [-0.3, -0.25) is 4.79 Å². The standard InChI is InChI=1S/C13H26N2O2/c1-4-11-8-15(6-5-12(11)14)13(16)7-10(2)9-17-3/h10-12H,4-9,14H2,1-3H3. The molecule has 1 aliphatic rings. The molecule has 0 bridgehead atoms. The van der Waals surface area contributed by atoms with E-state index in [-0.39, 0.29) is 11.9 Å². The molecule has 17 heavy (non-hydrogen) atoms. The zero-order chi connectivity index (χ0) is 12.8. The van der Waals surface area contributed by atoms with E-state index < -0.39 is 0 Å². The van der Waals surface area contributed by atoms with Gasteiger partial charge in [-0.1, -0.05) is 20.3 Å². The second-order valence-corrected chi connectivity index (χ2v) is 5.23. The molecule has 0 aromatic carbocycles. The predicted octanol–water partition coefficient (Wildman–Crippen LogP) is 1.24. The molecule has 4 nitrogen and oxygen atoms in total. The Morgan fingerprint density at radius 2 is 2.29 bits per heavy atom. The van der Waals surface area contributed by atoms with Crippen molar-refractivity contribution in [2.75, 3.05) is 26.8 Å². The summed E-state index contributed by atoms with van der Waals surface area (Å²) in [5, 5.41) is 0. The maximum atomic E-state index is 12.1. The first-order valence-electron chi connectivity index (χ1n) is 6.60. The Hall–Kier alpha value is -0.610. The van der Waals surface area contributed by atoms with Gasteiger partial charge in [0, 0.05) is 39.3 Å². The van der Waals surface area contributed by atoms with Gasteiger partial charge in [0.05, 0.1) is 0 Å². The summed E-state index contributed by atoms with van der Waals surface area (Å²) in [7, 11) is 1.67. The average Bonchev–Trinajstić information content (AvgIpc) is 2.29. The van der Waals surface area contributed by atoms with Gasteiger partial charge in [-0.15, -0.1) is 0 Å². The number of rotatable bonds is 5. The molecule has 0 saturated carbocycles. The quantitative estimate of drug-likeness (QED) is 0.789. The van der Waals surface area contributed by atoms with Crippen LogP contribution < -0.4 is 5.73 Å². The number of amides is 1. The van der Waals surface area contributed by atoms with Gasteiger partial charge >= 0.3 is 0 Å². The van der Waals surface area contributed by atoms with E-state index in [0.29, 0.717) is 24.9 Å². The summed E-state index contributed by atoms with van der Waals surface area (Å²) in [4.78, 5) is 14.1. The number of piperidine rings is 1. The molecular weight excluding hydrogens is 216 g/mol. The van der Waals surface area contributed by atoms with Crippen LogP contribution in [0.5, 0.6) is 0 Å². The van der Waals surface area contributed by atoms with Gasteiger partial charge in [-0.25, -0.2) is 0 Å². The number of nitrogens with zero attached hydrogens (tertiary/aromatic N) is 1. The minimum Gasteiger partial charge on any atom is -0.384 e. The van der Waals surface area contributed by atoms with Crippen LogP contribution in [0, 0.1) is 11.8 Å². The van der Waals surface area contributed by atoms with Crippen molar-refractivity contribution in [2.45, 2.75) is 39.2 Å². The monoisotopic (exact) mass is 242 g/mol. The Kier molecular flexibility index (Phi) is 5.92. The molecule has 1 aliphatic heterocycles. The molecule has 4 heteroatoms. The van der Waals surface area contributed by atoms with Gasteiger partial charge < -0.3 is 15.4 Å². The molecule has 0 aromatic heterocycles. The van der Waals surface area contributed by atoms with Crippen LogP contribution in [0.1, 0.15) is 33.1 Å². The minimum atomic E-state index is 0.250. The summed E-state index contributed by atoms with van der Waals surface area (Å²) in [6.45, 7) is 6.49. The van der Waals surface area contributed by atoms with Crippen LogP contribution in [0.25, 0.3) is 0 Å². The second-order valence-electron chi connectivity index (χ2n) is 5.23. The van der Waals surface area contributed by atoms with E-state index in [1.165, 1.54) is 0 Å². The first-order valence-corrected chi connectivity index (χ1v) is 6.60. The van der Waals surface area contributed by atoms with E-state index in [9.17, 15) is 4.79 Å². The highest BCUT2D eigenvalue weighted by atomic mass is 16.5. The number of methoxy groups -OCH3 is 1. The number of hydrogen-bond acceptors (Lipinski definition) is 3. The molecule has 0 aromatic rings. The van der Waals surface area contributed by atoms with Gasteiger partial charge in [0.1, 0.15) is 0 Å². The number of nitrogens with two attached hydrogens (primary N) is 1. The third-order valence-corrected chi connectivity index (χ3v) is 3.64. The number of carbonyl (C=O) groups excluding carboxylic acids is 1. The Morgan fingerprint density at radius 3 is 2.88 bits per heavy atom. The summed E-state index contributed by atoms with van der Waals surface area (Å²) in [5.41, 5.74) is 6.04. The summed E-state index contributed by atoms with van der Waals surface area (Å²) in [6.07, 6.45) is 2.57. The molecule has 3 unspecified atom stereocenters. The Bertz CT molecular complexity index is 246. The Balaban J connectivity index is 2.42. The van der Waals surface area contributed by atoms with Crippen LogP contribution in [0.2, 0.25) is 0 Å². The summed E-state index contributed by atoms with van der Waals surface area (Å²) >= 11 is 0. The molecule has 3 atom stereocenters. The lowest BCUT2D eigenvalue weighted by Crippen LogP contribution is -2.49. The van der Waals surface area contributed by atoms with E-state index in [4.69, 9.17) is 10.5 Å². The fourth-order valence-electron chi connectivity index (χ4n) is 2.48. The van der Waals surface area contributed by atoms with Crippen molar-refractivity contribution in [3.63, 3.8) is 0 Å². The lowest BCUT2D eigenvalue weighted by atomic mass is 9.90. The van der Waals surface area contributed by atoms with Gasteiger partial charge in [0.15, 0.2) is 0 Å². The molecule has 1 amide bonds. The van der Waals surface area contributed by atoms with Gasteiger partial charge in [-0.05, 0) is 18.3 Å². The van der Waals surface area contributed by atoms with E-state index in [1.807, 2.05) is 11.8 Å². The lowest BCUT2D eigenvalue weighted by Gasteiger charge is -2.37. The predicted molar refractivity (Wildman–Crippen MR) is 68.6 cm³/mol. The molecule has 1 saturated heterocycles. The Labute approximate surface area is 104 Å². The molecule has 0 spiro atoms. The van der Waals surface area contributed by atoms with Crippen molar-refractivity contribution >= 4 is 5.91 Å². The van der Waals surface area contributed by atoms with Crippen molar-refractivity contribution in [1.29, 1.82) is 0 Å². The summed E-state index contributed by atoms with van der Waals surface area (Å²) in [5.74, 6) is 1.01. The minimum absolute atomic E-state index is 0.250. The zero-order valence-corrected chi connectivity index (χ0v) is 11.3. The van der Waals surface area contributed by atoms with E-state index in [1.54, 1.807) is 7.11 Å². The first-order chi connectivity index (χ1) is 8.08. The number of likely N-dealkylation sites (tertiary alicyclic amines) is 1. The molecule has 2 N–H and O–H groups in total. The lowest BCUT2D eigenvalue weighted by molar-refractivity contribution is -0.134. The van der Waals surface area contributed by atoms with Crippen molar-refractivity contribution in [3.05, 3.63) is 0 Å². The Morgan fingerprint density at radius 1 is 1.59 bits per heavy atom. The molecule has 1 rings (SSSR count). The van der Waals surface area contributed by atoms with Crippen molar-refractivity contribution in [3.8, 4) is 0 Å². The third kappa shape index (κ3) is 4.28. The SMILES string of the molecule is CCC1CN(C(=O)CC(C)COC)CCC1N. The van der Waals surface area contributed by atoms with Crippen LogP contribution in [0.4, 0.5) is 0 Å². The topological polar surface area (TPSA) is 55.6 Å². The molecule has 1 heterocycles. The normalized spacial score (nSPS) is 26.9. The molecule has 1 fully saturated rings. The average molecular weight is 242 g/mol. The van der Waals surface area contributed by atoms with E-state index in [2.05, 4.69) is 6.92 Å². The highest BCUT2D eigenvalue weighted by molar-refractivity contribution is 5.76. The van der Waals surface area contributed by atoms with Gasteiger partial charge in [-0.2, -0.15) is 0 Å². The highest BCUT2D eigenvalue weighted by Gasteiger charge is 2.28. The number of carbonyl (C=O) groups is 1. The highest BCUT2D eigenvalue weighted by Crippen LogP contribution is 2.20. The largest absolute Gasteiger partial charge is 0.384 e. The third-order valence-electron chi connectivity index (χ3n) is 3.64. The van der Waals surface area contributed by atoms with Crippen LogP contribution in [-0.4, -0.2) is 43.7 Å². The van der Waals surface area contributed by atoms with Crippen LogP contribution in [-0.2, 0) is 9.53 Å². The molecule has 100 valence electrons. The van der Waals surface area contributed by atoms with Crippen LogP contribution in [0.3, 0.4) is 0 Å². The second kappa shape index (κ2) is 6.97. The zero-order valence-electron chi connectivity index (χ0n) is 11.3. The maximum absolute atomic E-state index is 12.1. The molecule has 0 aliphatic carbocycles. The molecule has 0 radical (unpaired) electrons. The van der Waals surface area contributed by atoms with Crippen molar-refractivity contribution < 1.29 is 9.53 Å². The first kappa shape index (κ1) is 14.5. The van der Waals surface area contributed by atoms with E-state index >= 15 is 0 Å². The van der Waals surface area contributed by atoms with Crippen LogP contribution in [0.15, 0.2) is 0 Å². The van der Waals surface area contributed by atoms with Gasteiger partial charge in [0.25, 0.3) is 0 Å². The maximum Gasteiger partial charge on any atom is 0.222 e. The number of hydrogen-bond donors (Lipinski definition) is 1. The summed E-state index contributed by atoms with van der Waals surface area (Å²) < 4.78 is 5.06. The fraction of sp³-hybridized carbons (Fsp3) is 0.923. The molecular formula is C13H26N2O2. The van der Waals surface area contributed by atoms with Crippen LogP contribution >= 0.6 is 0 Å².